The van der Waals surface area contributed by atoms with Crippen LogP contribution in [-0.4, -0.2) is 41.0 Å². The molecule has 2 aliphatic heterocycles. The number of hydrogen-bond acceptors (Lipinski definition) is 7. The van der Waals surface area contributed by atoms with Gasteiger partial charge in [-0.15, -0.1) is 0 Å². The van der Waals surface area contributed by atoms with Gasteiger partial charge in [0.15, 0.2) is 5.13 Å². The normalized spacial score (nSPS) is 18.9. The van der Waals surface area contributed by atoms with Gasteiger partial charge in [-0.25, -0.2) is 4.39 Å². The van der Waals surface area contributed by atoms with Crippen molar-refractivity contribution >= 4 is 32.2 Å². The summed E-state index contributed by atoms with van der Waals surface area (Å²) in [5.74, 6) is -0.264. The summed E-state index contributed by atoms with van der Waals surface area (Å²) in [6, 6.07) is 7.75. The summed E-state index contributed by atoms with van der Waals surface area (Å²) >= 11 is 0.872. The van der Waals surface area contributed by atoms with Gasteiger partial charge in [-0.05, 0) is 48.9 Å². The quantitative estimate of drug-likeness (QED) is 0.260. The van der Waals surface area contributed by atoms with Crippen LogP contribution < -0.4 is 10.5 Å². The van der Waals surface area contributed by atoms with E-state index in [0.29, 0.717) is 25.2 Å². The van der Waals surface area contributed by atoms with E-state index >= 15 is 0 Å². The Hall–Kier alpha value is -3.12. The number of alkyl halides is 3. The predicted molar refractivity (Wildman–Crippen MR) is 128 cm³/mol. The zero-order valence-electron chi connectivity index (χ0n) is 19.2. The van der Waals surface area contributed by atoms with Crippen molar-refractivity contribution in [2.24, 2.45) is 5.41 Å². The second kappa shape index (κ2) is 8.77. The van der Waals surface area contributed by atoms with Gasteiger partial charge >= 0.3 is 6.18 Å². The van der Waals surface area contributed by atoms with Crippen LogP contribution in [0.3, 0.4) is 0 Å². The van der Waals surface area contributed by atoms with E-state index in [1.165, 1.54) is 6.07 Å². The summed E-state index contributed by atoms with van der Waals surface area (Å²) in [4.78, 5) is 31.4. The monoisotopic (exact) mass is 522 g/mol. The van der Waals surface area contributed by atoms with Crippen LogP contribution in [0.15, 0.2) is 41.2 Å². The molecule has 2 aromatic carbocycles. The average molecular weight is 523 g/mol. The lowest BCUT2D eigenvalue weighted by Gasteiger charge is -2.56. The smallest absolute Gasteiger partial charge is 0.348 e. The van der Waals surface area contributed by atoms with Gasteiger partial charge < -0.3 is 4.90 Å². The molecule has 0 radical (unpaired) electrons. The maximum absolute atomic E-state index is 13.6. The number of nitro benzene ring substituents is 1. The van der Waals surface area contributed by atoms with Crippen molar-refractivity contribution in [2.45, 2.75) is 32.0 Å². The lowest BCUT2D eigenvalue weighted by molar-refractivity contribution is -0.383. The van der Waals surface area contributed by atoms with Gasteiger partial charge in [-0.2, -0.15) is 18.2 Å². The molecule has 5 rings (SSSR count). The maximum Gasteiger partial charge on any atom is 0.416 e. The Bertz CT molecular complexity index is 1390. The zero-order valence-corrected chi connectivity index (χ0v) is 20.0. The number of anilines is 1. The third-order valence-electron chi connectivity index (χ3n) is 7.26. The van der Waals surface area contributed by atoms with Crippen LogP contribution in [-0.2, 0) is 6.18 Å². The highest BCUT2D eigenvalue weighted by Crippen LogP contribution is 2.45. The Labute approximate surface area is 207 Å². The molecule has 2 saturated heterocycles. The molecule has 1 atom stereocenters. The number of halogens is 4. The third-order valence-corrected chi connectivity index (χ3v) is 8.43. The number of likely N-dealkylation sites (tertiary alicyclic amines) is 1. The fourth-order valence-electron chi connectivity index (χ4n) is 5.13. The molecular weight excluding hydrogens is 500 g/mol. The fraction of sp³-hybridized carbons (Fsp3) is 0.417. The van der Waals surface area contributed by atoms with Crippen LogP contribution >= 0.6 is 11.3 Å². The van der Waals surface area contributed by atoms with E-state index in [1.54, 1.807) is 12.1 Å². The number of fused-ring (bicyclic) bond motifs is 1. The van der Waals surface area contributed by atoms with Crippen LogP contribution in [0, 0.1) is 21.3 Å². The molecule has 1 spiro atoms. The van der Waals surface area contributed by atoms with Crippen LogP contribution in [0.2, 0.25) is 0 Å². The van der Waals surface area contributed by atoms with E-state index in [-0.39, 0.29) is 27.1 Å². The molecule has 0 amide bonds. The molecule has 3 heterocycles. The summed E-state index contributed by atoms with van der Waals surface area (Å²) in [6.45, 7) is 4.90. The van der Waals surface area contributed by atoms with Gasteiger partial charge in [-0.1, -0.05) is 23.5 Å². The number of piperidine rings is 1. The Balaban J connectivity index is 1.33. The van der Waals surface area contributed by atoms with Crippen LogP contribution in [0.5, 0.6) is 0 Å². The first-order valence-electron chi connectivity index (χ1n) is 11.4. The van der Waals surface area contributed by atoms with Crippen molar-refractivity contribution in [1.29, 1.82) is 0 Å². The van der Waals surface area contributed by atoms with Crippen molar-refractivity contribution in [3.05, 3.63) is 73.8 Å². The highest BCUT2D eigenvalue weighted by molar-refractivity contribution is 7.22. The Morgan fingerprint density at radius 1 is 1.17 bits per heavy atom. The molecule has 190 valence electrons. The first kappa shape index (κ1) is 24.6. The van der Waals surface area contributed by atoms with E-state index < -0.39 is 33.3 Å². The molecule has 1 aromatic heterocycles. The number of nitrogens with zero attached hydrogens (tertiary/aromatic N) is 4. The molecule has 36 heavy (non-hydrogen) atoms. The maximum atomic E-state index is 13.6. The minimum Gasteiger partial charge on any atom is -0.348 e. The van der Waals surface area contributed by atoms with E-state index in [4.69, 9.17) is 0 Å². The van der Waals surface area contributed by atoms with Gasteiger partial charge in [0.1, 0.15) is 10.5 Å². The molecule has 1 unspecified atom stereocenters. The SMILES string of the molecule is CC(c1cccc(F)c1)N1CC2(CCN(c3nc(=O)c4cc(C(F)(F)F)cc([N+](=O)[O-])c4s3)CC2)C1. The Morgan fingerprint density at radius 2 is 1.86 bits per heavy atom. The van der Waals surface area contributed by atoms with E-state index in [9.17, 15) is 32.5 Å². The summed E-state index contributed by atoms with van der Waals surface area (Å²) in [7, 11) is 0. The van der Waals surface area contributed by atoms with Gasteiger partial charge in [0.25, 0.3) is 11.2 Å². The summed E-state index contributed by atoms with van der Waals surface area (Å²) in [5.41, 5.74) is -1.90. The molecular formula is C24H22F4N4O3S. The van der Waals surface area contributed by atoms with E-state index in [0.717, 1.165) is 42.8 Å². The predicted octanol–water partition coefficient (Wildman–Crippen LogP) is 5.39. The average Bonchev–Trinajstić information content (AvgIpc) is 2.81. The molecule has 12 heteroatoms. The summed E-state index contributed by atoms with van der Waals surface area (Å²) in [5, 5.41) is 11.4. The topological polar surface area (TPSA) is 79.6 Å². The van der Waals surface area contributed by atoms with Crippen LogP contribution in [0.4, 0.5) is 28.4 Å². The van der Waals surface area contributed by atoms with Crippen LogP contribution in [0.1, 0.15) is 36.9 Å². The number of nitro groups is 1. The highest BCUT2D eigenvalue weighted by atomic mass is 32.1. The number of rotatable bonds is 4. The lowest BCUT2D eigenvalue weighted by atomic mass is 9.71. The standard InChI is InChI=1S/C24H22F4N4O3S/c1-14(15-3-2-4-17(25)9-15)31-12-23(13-31)5-7-30(8-6-23)22-29-21(33)18-10-16(24(26,27)28)11-19(32(34)35)20(18)36-22/h2-4,9-11,14H,5-8,12-13H2,1H3. The third kappa shape index (κ3) is 4.43. The molecule has 2 fully saturated rings. The van der Waals surface area contributed by atoms with Gasteiger partial charge in [-0.3, -0.25) is 19.8 Å². The van der Waals surface area contributed by atoms with E-state index in [2.05, 4.69) is 9.88 Å². The number of hydrogen-bond donors (Lipinski definition) is 0. The molecule has 3 aromatic rings. The van der Waals surface area contributed by atoms with Gasteiger partial charge in [0, 0.05) is 38.3 Å². The van der Waals surface area contributed by atoms with E-state index in [1.807, 2.05) is 17.9 Å². The number of benzene rings is 2. The molecule has 0 N–H and O–H groups in total. The minimum atomic E-state index is -4.82. The second-order valence-electron chi connectivity index (χ2n) is 9.55. The lowest BCUT2D eigenvalue weighted by Crippen LogP contribution is -2.60. The highest BCUT2D eigenvalue weighted by Gasteiger charge is 2.46. The first-order chi connectivity index (χ1) is 17.0. The van der Waals surface area contributed by atoms with Gasteiger partial charge in [0.2, 0.25) is 0 Å². The summed E-state index contributed by atoms with van der Waals surface area (Å²) < 4.78 is 53.1. The molecule has 0 saturated carbocycles. The van der Waals surface area contributed by atoms with Crippen molar-refractivity contribution in [3.63, 3.8) is 0 Å². The molecule has 0 bridgehead atoms. The number of non-ortho nitro benzene ring substituents is 1. The minimum absolute atomic E-state index is 0.0823. The molecule has 2 aliphatic rings. The molecule has 7 nitrogen and oxygen atoms in total. The zero-order chi connectivity index (χ0) is 25.8. The summed E-state index contributed by atoms with van der Waals surface area (Å²) in [6.07, 6.45) is -3.19. The van der Waals surface area contributed by atoms with Crippen molar-refractivity contribution in [1.82, 2.24) is 9.88 Å². The van der Waals surface area contributed by atoms with Gasteiger partial charge in [0.05, 0.1) is 15.9 Å². The van der Waals surface area contributed by atoms with Crippen molar-refractivity contribution in [3.8, 4) is 0 Å². The van der Waals surface area contributed by atoms with Crippen LogP contribution in [0.25, 0.3) is 10.1 Å². The van der Waals surface area contributed by atoms with Crippen molar-refractivity contribution in [2.75, 3.05) is 31.1 Å². The second-order valence-corrected chi connectivity index (χ2v) is 10.5. The largest absolute Gasteiger partial charge is 0.416 e. The fourth-order valence-corrected chi connectivity index (χ4v) is 6.25. The Kier molecular flexibility index (Phi) is 5.98. The first-order valence-corrected chi connectivity index (χ1v) is 12.2. The Morgan fingerprint density at radius 3 is 2.47 bits per heavy atom. The van der Waals surface area contributed by atoms with Crippen molar-refractivity contribution < 1.29 is 22.5 Å². The number of aromatic nitrogens is 1. The molecule has 0 aliphatic carbocycles.